The number of urea groups is 1. The van der Waals surface area contributed by atoms with Crippen molar-refractivity contribution in [2.24, 2.45) is 0 Å². The molecule has 0 saturated heterocycles. The van der Waals surface area contributed by atoms with Crippen LogP contribution in [-0.2, 0) is 27.4 Å². The molecule has 0 saturated carbocycles. The van der Waals surface area contributed by atoms with Crippen molar-refractivity contribution >= 4 is 34.9 Å². The number of hydrogen-bond donors (Lipinski definition) is 1. The number of aryl methyl sites for hydroxylation is 1. The Hall–Kier alpha value is -3.69. The number of carbonyl (C=O) groups excluding carboxylic acids is 3. The van der Waals surface area contributed by atoms with Crippen LogP contribution in [0.2, 0.25) is 0 Å². The van der Waals surface area contributed by atoms with Gasteiger partial charge in [0.1, 0.15) is 6.54 Å². The fourth-order valence-electron chi connectivity index (χ4n) is 3.90. The fraction of sp³-hybridized carbons (Fsp3) is 0.367. The number of ether oxygens (including phenoxy) is 2. The molecule has 0 unspecified atom stereocenters. The molecule has 0 fully saturated rings. The van der Waals surface area contributed by atoms with Crippen molar-refractivity contribution < 1.29 is 23.9 Å². The van der Waals surface area contributed by atoms with Gasteiger partial charge in [-0.1, -0.05) is 30.3 Å². The van der Waals surface area contributed by atoms with Crippen molar-refractivity contribution in [1.29, 1.82) is 0 Å². The van der Waals surface area contributed by atoms with E-state index in [9.17, 15) is 14.4 Å². The maximum absolute atomic E-state index is 13.6. The number of carbonyl (C=O) groups is 3. The minimum atomic E-state index is -0.419. The van der Waals surface area contributed by atoms with Crippen LogP contribution in [0.4, 0.5) is 10.5 Å². The number of esters is 1. The third-order valence-electron chi connectivity index (χ3n) is 6.05. The molecule has 0 spiro atoms. The molecule has 0 bridgehead atoms. The van der Waals surface area contributed by atoms with E-state index < -0.39 is 12.0 Å². The van der Waals surface area contributed by atoms with Crippen LogP contribution in [0.3, 0.4) is 0 Å². The highest BCUT2D eigenvalue weighted by Crippen LogP contribution is 2.20. The lowest BCUT2D eigenvalue weighted by molar-refractivity contribution is -0.133. The molecule has 3 rings (SSSR count). The summed E-state index contributed by atoms with van der Waals surface area (Å²) >= 11 is 1.62. The van der Waals surface area contributed by atoms with Crippen LogP contribution in [-0.4, -0.2) is 60.6 Å². The molecular formula is C30H37N3O5S. The molecule has 3 amide bonds. The molecule has 1 heterocycles. The molecule has 9 heteroatoms. The van der Waals surface area contributed by atoms with Gasteiger partial charge < -0.3 is 24.6 Å². The summed E-state index contributed by atoms with van der Waals surface area (Å²) in [7, 11) is 0. The first kappa shape index (κ1) is 29.9. The van der Waals surface area contributed by atoms with E-state index in [4.69, 9.17) is 9.47 Å². The summed E-state index contributed by atoms with van der Waals surface area (Å²) in [6.07, 6.45) is 0.596. The van der Waals surface area contributed by atoms with Crippen LogP contribution in [0.1, 0.15) is 46.6 Å². The molecule has 3 aromatic rings. The summed E-state index contributed by atoms with van der Waals surface area (Å²) in [6, 6.07) is 18.0. The number of nitrogens with zero attached hydrogens (tertiary/aromatic N) is 2. The molecular weight excluding hydrogens is 514 g/mol. The van der Waals surface area contributed by atoms with E-state index in [0.717, 1.165) is 16.0 Å². The Balaban J connectivity index is 1.74. The first-order valence-corrected chi connectivity index (χ1v) is 14.0. The van der Waals surface area contributed by atoms with Gasteiger partial charge in [0.15, 0.2) is 0 Å². The minimum Gasteiger partial charge on any atom is -0.462 e. The van der Waals surface area contributed by atoms with Gasteiger partial charge in [0.05, 0.1) is 18.7 Å². The Morgan fingerprint density at radius 2 is 1.64 bits per heavy atom. The highest BCUT2D eigenvalue weighted by Gasteiger charge is 2.23. The Morgan fingerprint density at radius 1 is 0.897 bits per heavy atom. The SMILES string of the molecule is CCOCCCN(CC(=O)N(Cc1ccccc1)Cc1sccc1C)C(=O)Nc1ccc(C(=O)OCC)cc1. The van der Waals surface area contributed by atoms with E-state index >= 15 is 0 Å². The van der Waals surface area contributed by atoms with Crippen LogP contribution in [0.25, 0.3) is 0 Å². The monoisotopic (exact) mass is 551 g/mol. The maximum Gasteiger partial charge on any atom is 0.338 e. The average molecular weight is 552 g/mol. The summed E-state index contributed by atoms with van der Waals surface area (Å²) < 4.78 is 10.5. The minimum absolute atomic E-state index is 0.0733. The second-order valence-electron chi connectivity index (χ2n) is 8.96. The van der Waals surface area contributed by atoms with E-state index in [1.54, 1.807) is 47.4 Å². The van der Waals surface area contributed by atoms with Crippen LogP contribution in [0, 0.1) is 6.92 Å². The number of thiophene rings is 1. The van der Waals surface area contributed by atoms with Crippen molar-refractivity contribution in [3.8, 4) is 0 Å². The van der Waals surface area contributed by atoms with Gasteiger partial charge in [-0.2, -0.15) is 0 Å². The zero-order chi connectivity index (χ0) is 28.0. The average Bonchev–Trinajstić information content (AvgIpc) is 3.35. The molecule has 1 N–H and O–H groups in total. The zero-order valence-electron chi connectivity index (χ0n) is 22.9. The second kappa shape index (κ2) is 15.7. The smallest absolute Gasteiger partial charge is 0.338 e. The number of amides is 3. The van der Waals surface area contributed by atoms with Gasteiger partial charge in [-0.05, 0) is 74.0 Å². The van der Waals surface area contributed by atoms with Crippen LogP contribution < -0.4 is 5.32 Å². The Morgan fingerprint density at radius 3 is 2.28 bits per heavy atom. The van der Waals surface area contributed by atoms with E-state index in [-0.39, 0.29) is 19.1 Å². The largest absolute Gasteiger partial charge is 0.462 e. The first-order chi connectivity index (χ1) is 18.9. The number of nitrogens with one attached hydrogen (secondary N) is 1. The lowest BCUT2D eigenvalue weighted by atomic mass is 10.2. The quantitative estimate of drug-likeness (QED) is 0.204. The van der Waals surface area contributed by atoms with Gasteiger partial charge >= 0.3 is 12.0 Å². The first-order valence-electron chi connectivity index (χ1n) is 13.2. The van der Waals surface area contributed by atoms with Crippen molar-refractivity contribution in [3.63, 3.8) is 0 Å². The third kappa shape index (κ3) is 9.53. The molecule has 0 aliphatic rings. The lowest BCUT2D eigenvalue weighted by Gasteiger charge is -2.28. The molecule has 0 aliphatic carbocycles. The highest BCUT2D eigenvalue weighted by molar-refractivity contribution is 7.10. The highest BCUT2D eigenvalue weighted by atomic mass is 32.1. The summed E-state index contributed by atoms with van der Waals surface area (Å²) in [5, 5.41) is 4.88. The summed E-state index contributed by atoms with van der Waals surface area (Å²) in [5.74, 6) is -0.561. The van der Waals surface area contributed by atoms with Gasteiger partial charge in [0, 0.05) is 36.9 Å². The van der Waals surface area contributed by atoms with Gasteiger partial charge in [0.2, 0.25) is 5.91 Å². The van der Waals surface area contributed by atoms with Crippen molar-refractivity contribution in [1.82, 2.24) is 9.80 Å². The molecule has 0 atom stereocenters. The normalized spacial score (nSPS) is 10.6. The number of benzene rings is 2. The van der Waals surface area contributed by atoms with Crippen molar-refractivity contribution in [2.45, 2.75) is 40.3 Å². The summed E-state index contributed by atoms with van der Waals surface area (Å²) in [4.78, 5) is 43.3. The lowest BCUT2D eigenvalue weighted by Crippen LogP contribution is -2.44. The Labute approximate surface area is 234 Å². The number of anilines is 1. The predicted molar refractivity (Wildman–Crippen MR) is 154 cm³/mol. The topological polar surface area (TPSA) is 88.2 Å². The number of rotatable bonds is 14. The number of hydrogen-bond acceptors (Lipinski definition) is 6. The predicted octanol–water partition coefficient (Wildman–Crippen LogP) is 5.72. The standard InChI is InChI=1S/C30H37N3O5S/c1-4-37-18-9-17-32(30(36)31-26-14-12-25(13-15-26)29(35)38-5-2)22-28(34)33(20-24-10-7-6-8-11-24)21-27-23(3)16-19-39-27/h6-8,10-16,19H,4-5,9,17-18,20-22H2,1-3H3,(H,31,36). The van der Waals surface area contributed by atoms with E-state index in [2.05, 4.69) is 5.32 Å². The van der Waals surface area contributed by atoms with Gasteiger partial charge in [-0.25, -0.2) is 9.59 Å². The Bertz CT molecular complexity index is 1200. The van der Waals surface area contributed by atoms with E-state index in [1.807, 2.05) is 55.6 Å². The van der Waals surface area contributed by atoms with Gasteiger partial charge in [-0.15, -0.1) is 11.3 Å². The molecule has 208 valence electrons. The van der Waals surface area contributed by atoms with Crippen LogP contribution in [0.15, 0.2) is 66.0 Å². The molecule has 0 aliphatic heterocycles. The molecule has 0 radical (unpaired) electrons. The molecule has 8 nitrogen and oxygen atoms in total. The second-order valence-corrected chi connectivity index (χ2v) is 9.96. The summed E-state index contributed by atoms with van der Waals surface area (Å²) in [6.45, 7) is 8.27. The maximum atomic E-state index is 13.6. The fourth-order valence-corrected chi connectivity index (χ4v) is 4.82. The summed E-state index contributed by atoms with van der Waals surface area (Å²) in [5.41, 5.74) is 3.09. The van der Waals surface area contributed by atoms with Crippen LogP contribution in [0.5, 0.6) is 0 Å². The zero-order valence-corrected chi connectivity index (χ0v) is 23.7. The van der Waals surface area contributed by atoms with Crippen LogP contribution >= 0.6 is 11.3 Å². The molecule has 39 heavy (non-hydrogen) atoms. The Kier molecular flexibility index (Phi) is 12.0. The van der Waals surface area contributed by atoms with Crippen molar-refractivity contribution in [2.75, 3.05) is 38.2 Å². The van der Waals surface area contributed by atoms with E-state index in [0.29, 0.717) is 50.5 Å². The van der Waals surface area contributed by atoms with Gasteiger partial charge in [0.25, 0.3) is 0 Å². The van der Waals surface area contributed by atoms with Gasteiger partial charge in [-0.3, -0.25) is 4.79 Å². The van der Waals surface area contributed by atoms with Crippen molar-refractivity contribution in [3.05, 3.63) is 87.6 Å². The third-order valence-corrected chi connectivity index (χ3v) is 7.06. The van der Waals surface area contributed by atoms with E-state index in [1.165, 1.54) is 4.90 Å². The molecule has 1 aromatic heterocycles. The molecule has 2 aromatic carbocycles.